The lowest BCUT2D eigenvalue weighted by Crippen LogP contribution is -2.41. The monoisotopic (exact) mass is 377 g/mol. The van der Waals surface area contributed by atoms with Crippen molar-refractivity contribution in [2.24, 2.45) is 0 Å². The lowest BCUT2D eigenvalue weighted by molar-refractivity contribution is -0.127. The van der Waals surface area contributed by atoms with Crippen molar-refractivity contribution in [3.8, 4) is 0 Å². The molecule has 1 aliphatic rings. The van der Waals surface area contributed by atoms with Crippen LogP contribution in [0.25, 0.3) is 0 Å². The second-order valence-corrected chi connectivity index (χ2v) is 7.57. The quantitative estimate of drug-likeness (QED) is 0.721. The summed E-state index contributed by atoms with van der Waals surface area (Å²) in [7, 11) is 0. The van der Waals surface area contributed by atoms with Gasteiger partial charge in [-0.05, 0) is 61.4 Å². The highest BCUT2D eigenvalue weighted by atomic mass is 35.5. The molecule has 1 heterocycles. The molecule has 1 atom stereocenters. The van der Waals surface area contributed by atoms with E-state index < -0.39 is 0 Å². The second-order valence-electron chi connectivity index (χ2n) is 5.86. The van der Waals surface area contributed by atoms with Gasteiger partial charge in [0, 0.05) is 22.0 Å². The van der Waals surface area contributed by atoms with Crippen LogP contribution in [0.4, 0.5) is 4.39 Å². The largest absolute Gasteiger partial charge is 0.278 e. The minimum absolute atomic E-state index is 0.188. The van der Waals surface area contributed by atoms with Crippen molar-refractivity contribution in [1.29, 1.82) is 0 Å². The Morgan fingerprint density at radius 3 is 2.44 bits per heavy atom. The van der Waals surface area contributed by atoms with Crippen LogP contribution >= 0.6 is 23.4 Å². The molecule has 6 heteroatoms. The van der Waals surface area contributed by atoms with Crippen molar-refractivity contribution >= 4 is 35.2 Å². The van der Waals surface area contributed by atoms with Gasteiger partial charge in [0.2, 0.25) is 5.91 Å². The molecule has 1 fully saturated rings. The molecule has 0 aliphatic carbocycles. The van der Waals surface area contributed by atoms with E-state index in [-0.39, 0.29) is 22.9 Å². The molecule has 3 rings (SSSR count). The average Bonchev–Trinajstić information content (AvgIpc) is 2.79. The number of carbonyl (C=O) groups is 2. The lowest BCUT2D eigenvalue weighted by atomic mass is 10.2. The van der Waals surface area contributed by atoms with Gasteiger partial charge in [-0.2, -0.15) is 0 Å². The molecule has 1 aliphatic heterocycles. The number of imide groups is 1. The number of hydrogen-bond donors (Lipinski definition) is 0. The van der Waals surface area contributed by atoms with Gasteiger partial charge in [-0.15, -0.1) is 11.8 Å². The summed E-state index contributed by atoms with van der Waals surface area (Å²) in [5.41, 5.74) is 0.449. The molecule has 2 amide bonds. The fraction of sp³-hybridized carbons (Fsp3) is 0.263. The molecule has 0 spiro atoms. The molecule has 0 saturated carbocycles. The Labute approximate surface area is 155 Å². The van der Waals surface area contributed by atoms with Gasteiger partial charge in [0.25, 0.3) is 5.91 Å². The van der Waals surface area contributed by atoms with Crippen LogP contribution in [0, 0.1) is 5.82 Å². The van der Waals surface area contributed by atoms with E-state index in [0.717, 1.165) is 17.7 Å². The Hall–Kier alpha value is -1.85. The van der Waals surface area contributed by atoms with Gasteiger partial charge in [0.15, 0.2) is 0 Å². The van der Waals surface area contributed by atoms with Gasteiger partial charge in [0.1, 0.15) is 5.82 Å². The summed E-state index contributed by atoms with van der Waals surface area (Å²) in [5.74, 6) is -0.795. The van der Waals surface area contributed by atoms with Crippen molar-refractivity contribution in [3.05, 3.63) is 64.9 Å². The van der Waals surface area contributed by atoms with Gasteiger partial charge in [-0.3, -0.25) is 14.5 Å². The first-order chi connectivity index (χ1) is 12.0. The van der Waals surface area contributed by atoms with E-state index in [1.54, 1.807) is 36.4 Å². The molecule has 0 N–H and O–H groups in total. The molecule has 0 radical (unpaired) electrons. The van der Waals surface area contributed by atoms with Crippen molar-refractivity contribution in [2.45, 2.75) is 29.4 Å². The number of carbonyl (C=O) groups excluding carboxylic acids is 2. The second kappa shape index (κ2) is 8.02. The Bertz CT molecular complexity index is 764. The molecular weight excluding hydrogens is 361 g/mol. The summed E-state index contributed by atoms with van der Waals surface area (Å²) in [5, 5.41) is 0.202. The van der Waals surface area contributed by atoms with Gasteiger partial charge < -0.3 is 0 Å². The highest BCUT2D eigenvalue weighted by Gasteiger charge is 2.32. The summed E-state index contributed by atoms with van der Waals surface area (Å²) in [6.07, 6.45) is 2.35. The van der Waals surface area contributed by atoms with E-state index >= 15 is 0 Å². The first kappa shape index (κ1) is 18.0. The van der Waals surface area contributed by atoms with E-state index in [0.29, 0.717) is 23.6 Å². The van der Waals surface area contributed by atoms with E-state index in [1.165, 1.54) is 28.8 Å². The number of halogens is 2. The standard InChI is InChI=1S/C19H17ClFNO2S/c20-14-6-4-13(5-7-14)18(23)22-12-2-1-3-17(19(22)24)25-16-10-8-15(21)9-11-16/h4-11,17H,1-3,12H2/t17-/m0/s1. The van der Waals surface area contributed by atoms with E-state index in [4.69, 9.17) is 11.6 Å². The van der Waals surface area contributed by atoms with Gasteiger partial charge in [-0.1, -0.05) is 18.0 Å². The molecule has 25 heavy (non-hydrogen) atoms. The fourth-order valence-electron chi connectivity index (χ4n) is 2.74. The molecule has 0 aromatic heterocycles. The van der Waals surface area contributed by atoms with Crippen LogP contribution in [0.2, 0.25) is 5.02 Å². The summed E-state index contributed by atoms with van der Waals surface area (Å²) in [4.78, 5) is 27.8. The third-order valence-corrected chi connectivity index (χ3v) is 5.59. The number of hydrogen-bond acceptors (Lipinski definition) is 3. The first-order valence-corrected chi connectivity index (χ1v) is 9.34. The van der Waals surface area contributed by atoms with Crippen molar-refractivity contribution in [2.75, 3.05) is 6.54 Å². The molecule has 2 aromatic rings. The van der Waals surface area contributed by atoms with Crippen LogP contribution in [-0.4, -0.2) is 28.5 Å². The zero-order valence-electron chi connectivity index (χ0n) is 13.5. The van der Waals surface area contributed by atoms with Crippen molar-refractivity contribution < 1.29 is 14.0 Å². The summed E-state index contributed by atoms with van der Waals surface area (Å²) < 4.78 is 13.1. The topological polar surface area (TPSA) is 37.4 Å². The molecule has 130 valence electrons. The number of nitrogens with zero attached hydrogens (tertiary/aromatic N) is 1. The van der Waals surface area contributed by atoms with Gasteiger partial charge in [0.05, 0.1) is 5.25 Å². The van der Waals surface area contributed by atoms with Gasteiger partial charge >= 0.3 is 0 Å². The van der Waals surface area contributed by atoms with Crippen LogP contribution in [0.1, 0.15) is 29.6 Å². The minimum atomic E-state index is -0.343. The van der Waals surface area contributed by atoms with Crippen LogP contribution in [-0.2, 0) is 4.79 Å². The highest BCUT2D eigenvalue weighted by molar-refractivity contribution is 8.00. The van der Waals surface area contributed by atoms with Crippen LogP contribution in [0.15, 0.2) is 53.4 Å². The summed E-state index contributed by atoms with van der Waals surface area (Å²) in [6.45, 7) is 0.417. The number of thioether (sulfide) groups is 1. The van der Waals surface area contributed by atoms with E-state index in [1.807, 2.05) is 0 Å². The Morgan fingerprint density at radius 2 is 1.76 bits per heavy atom. The fourth-order valence-corrected chi connectivity index (χ4v) is 4.00. The van der Waals surface area contributed by atoms with Crippen LogP contribution in [0.5, 0.6) is 0 Å². The van der Waals surface area contributed by atoms with E-state index in [2.05, 4.69) is 0 Å². The third kappa shape index (κ3) is 4.41. The predicted molar refractivity (Wildman–Crippen MR) is 97.4 cm³/mol. The first-order valence-electron chi connectivity index (χ1n) is 8.08. The maximum absolute atomic E-state index is 13.1. The molecule has 0 bridgehead atoms. The van der Waals surface area contributed by atoms with Crippen LogP contribution in [0.3, 0.4) is 0 Å². The SMILES string of the molecule is O=C(c1ccc(Cl)cc1)N1CCCC[C@H](Sc2ccc(F)cc2)C1=O. The number of benzene rings is 2. The number of likely N-dealkylation sites (tertiary alicyclic amines) is 1. The smallest absolute Gasteiger partial charge is 0.260 e. The zero-order valence-corrected chi connectivity index (χ0v) is 15.0. The minimum Gasteiger partial charge on any atom is -0.278 e. The number of amides is 2. The van der Waals surface area contributed by atoms with Crippen molar-refractivity contribution in [1.82, 2.24) is 4.90 Å². The lowest BCUT2D eigenvalue weighted by Gasteiger charge is -2.22. The number of rotatable bonds is 3. The highest BCUT2D eigenvalue weighted by Crippen LogP contribution is 2.30. The zero-order chi connectivity index (χ0) is 17.8. The molecule has 1 saturated heterocycles. The summed E-state index contributed by atoms with van der Waals surface area (Å²) >= 11 is 7.24. The Morgan fingerprint density at radius 1 is 1.08 bits per heavy atom. The van der Waals surface area contributed by atoms with E-state index in [9.17, 15) is 14.0 Å². The molecule has 0 unspecified atom stereocenters. The Balaban J connectivity index is 1.77. The third-order valence-electron chi connectivity index (χ3n) is 4.07. The molecule has 3 nitrogen and oxygen atoms in total. The Kier molecular flexibility index (Phi) is 5.76. The molecular formula is C19H17ClFNO2S. The van der Waals surface area contributed by atoms with Gasteiger partial charge in [-0.25, -0.2) is 4.39 Å². The maximum atomic E-state index is 13.1. The summed E-state index contributed by atoms with van der Waals surface area (Å²) in [6, 6.07) is 12.6. The van der Waals surface area contributed by atoms with Crippen molar-refractivity contribution in [3.63, 3.8) is 0 Å². The average molecular weight is 378 g/mol. The normalized spacial score (nSPS) is 18.1. The predicted octanol–water partition coefficient (Wildman–Crippen LogP) is 4.79. The molecule has 2 aromatic carbocycles. The van der Waals surface area contributed by atoms with Crippen LogP contribution < -0.4 is 0 Å². The maximum Gasteiger partial charge on any atom is 0.260 e.